The summed E-state index contributed by atoms with van der Waals surface area (Å²) in [4.78, 5) is 0. The zero-order valence-electron chi connectivity index (χ0n) is 17.7. The Labute approximate surface area is 200 Å². The number of unbranched alkanes of at least 4 members (excludes halogenated alkanes) is 8. The third kappa shape index (κ3) is 31.0. The molecule has 9 heteroatoms. The fraction of sp³-hybridized carbons (Fsp3) is 1.00. The summed E-state index contributed by atoms with van der Waals surface area (Å²) in [5, 5.41) is 0. The summed E-state index contributed by atoms with van der Waals surface area (Å²) in [6.45, 7) is 6.74. The molecule has 7 nitrogen and oxygen atoms in total. The van der Waals surface area contributed by atoms with Crippen molar-refractivity contribution in [2.24, 2.45) is 0 Å². The maximum absolute atomic E-state index is 10.5. The number of hydrogen-bond acceptors (Lipinski definition) is 6. The molecule has 0 aromatic rings. The van der Waals surface area contributed by atoms with Crippen LogP contribution < -0.4 is 0 Å². The fourth-order valence-corrected chi connectivity index (χ4v) is 3.16. The number of rotatable bonds is 23. The van der Waals surface area contributed by atoms with Gasteiger partial charge in [-0.25, -0.2) is 0 Å². The van der Waals surface area contributed by atoms with Gasteiger partial charge >= 0.3 is 29.6 Å². The third-order valence-electron chi connectivity index (χ3n) is 4.20. The Morgan fingerprint density at radius 2 is 0.897 bits per heavy atom. The summed E-state index contributed by atoms with van der Waals surface area (Å²) in [6.07, 6.45) is 11.5. The van der Waals surface area contributed by atoms with Crippen molar-refractivity contribution in [3.8, 4) is 0 Å². The van der Waals surface area contributed by atoms with Crippen LogP contribution in [0.1, 0.15) is 71.1 Å². The van der Waals surface area contributed by atoms with Crippen LogP contribution in [0.4, 0.5) is 0 Å². The summed E-state index contributed by atoms with van der Waals surface area (Å²) >= 11 is 0. The van der Waals surface area contributed by atoms with Gasteiger partial charge in [-0.3, -0.25) is 4.55 Å². The van der Waals surface area contributed by atoms with Gasteiger partial charge in [-0.05, 0) is 19.3 Å². The fourth-order valence-electron chi connectivity index (χ4n) is 2.59. The first-order chi connectivity index (χ1) is 13.6. The molecule has 0 amide bonds. The zero-order valence-corrected chi connectivity index (χ0v) is 18.6. The minimum absolute atomic E-state index is 0. The average Bonchev–Trinajstić information content (AvgIpc) is 2.65. The Bertz CT molecular complexity index is 408. The number of hydrogen-bond donors (Lipinski definition) is 1. The Morgan fingerprint density at radius 1 is 0.552 bits per heavy atom. The molecular formula is C20H43NaO7S. The molecule has 0 atom stereocenters. The first-order valence-corrected chi connectivity index (χ1v) is 12.4. The molecule has 0 aromatic heterocycles. The quantitative estimate of drug-likeness (QED) is 0.145. The molecule has 0 aromatic carbocycles. The van der Waals surface area contributed by atoms with E-state index in [0.717, 1.165) is 13.0 Å². The van der Waals surface area contributed by atoms with Crippen LogP contribution in [0.25, 0.3) is 0 Å². The Kier molecular flexibility index (Phi) is 27.5. The molecule has 29 heavy (non-hydrogen) atoms. The predicted molar refractivity (Wildman–Crippen MR) is 119 cm³/mol. The molecule has 0 bridgehead atoms. The van der Waals surface area contributed by atoms with Gasteiger partial charge in [-0.2, -0.15) is 8.42 Å². The van der Waals surface area contributed by atoms with Crippen molar-refractivity contribution >= 4 is 39.7 Å². The molecule has 0 saturated carbocycles. The SMILES string of the molecule is CCCCCCCCCCOCCOCCOCCOCCCCS(=O)(=O)O.[NaH]. The van der Waals surface area contributed by atoms with Crippen molar-refractivity contribution in [3.63, 3.8) is 0 Å². The molecule has 172 valence electrons. The monoisotopic (exact) mass is 450 g/mol. The first-order valence-electron chi connectivity index (χ1n) is 10.8. The maximum atomic E-state index is 10.5. The van der Waals surface area contributed by atoms with Gasteiger partial charge in [0.05, 0.1) is 45.4 Å². The predicted octanol–water partition coefficient (Wildman–Crippen LogP) is 3.21. The molecule has 0 aliphatic carbocycles. The van der Waals surface area contributed by atoms with E-state index in [4.69, 9.17) is 23.5 Å². The summed E-state index contributed by atoms with van der Waals surface area (Å²) in [5.41, 5.74) is 0. The summed E-state index contributed by atoms with van der Waals surface area (Å²) in [5.74, 6) is -0.215. The first kappa shape index (κ1) is 31.9. The average molecular weight is 451 g/mol. The van der Waals surface area contributed by atoms with Gasteiger partial charge in [0, 0.05) is 13.2 Å². The van der Waals surface area contributed by atoms with E-state index in [2.05, 4.69) is 6.92 Å². The van der Waals surface area contributed by atoms with Gasteiger partial charge < -0.3 is 18.9 Å². The van der Waals surface area contributed by atoms with Gasteiger partial charge in [-0.1, -0.05) is 51.9 Å². The summed E-state index contributed by atoms with van der Waals surface area (Å²) in [6, 6.07) is 0. The van der Waals surface area contributed by atoms with Crippen LogP contribution in [0.2, 0.25) is 0 Å². The normalized spacial score (nSPS) is 11.5. The van der Waals surface area contributed by atoms with Crippen molar-refractivity contribution in [1.82, 2.24) is 0 Å². The number of ether oxygens (including phenoxy) is 4. The Balaban J connectivity index is 0. The molecule has 0 unspecified atom stereocenters. The Morgan fingerprint density at radius 3 is 1.31 bits per heavy atom. The van der Waals surface area contributed by atoms with E-state index in [1.165, 1.54) is 44.9 Å². The molecular weight excluding hydrogens is 407 g/mol. The molecule has 0 heterocycles. The second kappa shape index (κ2) is 25.0. The van der Waals surface area contributed by atoms with Gasteiger partial charge in [0.25, 0.3) is 10.1 Å². The van der Waals surface area contributed by atoms with Crippen molar-refractivity contribution in [3.05, 3.63) is 0 Å². The van der Waals surface area contributed by atoms with Crippen LogP contribution >= 0.6 is 0 Å². The van der Waals surface area contributed by atoms with Crippen LogP contribution in [0.3, 0.4) is 0 Å². The molecule has 0 aliphatic rings. The third-order valence-corrected chi connectivity index (χ3v) is 5.00. The molecule has 0 aliphatic heterocycles. The second-order valence-electron chi connectivity index (χ2n) is 6.92. The van der Waals surface area contributed by atoms with Crippen molar-refractivity contribution in [1.29, 1.82) is 0 Å². The molecule has 0 fully saturated rings. The van der Waals surface area contributed by atoms with E-state index in [-0.39, 0.29) is 35.3 Å². The molecule has 1 N–H and O–H groups in total. The minimum atomic E-state index is -3.85. The standard InChI is InChI=1S/C20H42O7S.Na.H/c1-2-3-4-5-6-7-8-9-12-24-14-16-26-18-19-27-17-15-25-13-10-11-20-28(21,22)23;;/h2-20H2,1H3,(H,21,22,23);;. The Hall–Kier alpha value is 0.750. The van der Waals surface area contributed by atoms with Crippen molar-refractivity contribution in [2.75, 3.05) is 58.6 Å². The zero-order chi connectivity index (χ0) is 20.8. The van der Waals surface area contributed by atoms with Gasteiger partial charge in [0.2, 0.25) is 0 Å². The van der Waals surface area contributed by atoms with Crippen molar-refractivity contribution < 1.29 is 31.9 Å². The van der Waals surface area contributed by atoms with E-state index >= 15 is 0 Å². The van der Waals surface area contributed by atoms with Crippen LogP contribution in [0.5, 0.6) is 0 Å². The van der Waals surface area contributed by atoms with E-state index in [0.29, 0.717) is 59.1 Å². The van der Waals surface area contributed by atoms with Gasteiger partial charge in [-0.15, -0.1) is 0 Å². The molecule has 0 radical (unpaired) electrons. The van der Waals surface area contributed by atoms with Gasteiger partial charge in [0.15, 0.2) is 0 Å². The summed E-state index contributed by atoms with van der Waals surface area (Å²) in [7, 11) is -3.85. The van der Waals surface area contributed by atoms with Crippen LogP contribution in [0, 0.1) is 0 Å². The van der Waals surface area contributed by atoms with E-state index < -0.39 is 10.1 Å². The van der Waals surface area contributed by atoms with E-state index in [9.17, 15) is 8.42 Å². The molecule has 0 spiro atoms. The molecule has 0 rings (SSSR count). The molecule has 0 saturated heterocycles. The second-order valence-corrected chi connectivity index (χ2v) is 8.49. The van der Waals surface area contributed by atoms with Crippen molar-refractivity contribution in [2.45, 2.75) is 71.1 Å². The van der Waals surface area contributed by atoms with Gasteiger partial charge in [0.1, 0.15) is 0 Å². The van der Waals surface area contributed by atoms with Crippen LogP contribution in [0.15, 0.2) is 0 Å². The van der Waals surface area contributed by atoms with E-state index in [1.807, 2.05) is 0 Å². The van der Waals surface area contributed by atoms with Crippen LogP contribution in [-0.2, 0) is 29.1 Å². The summed E-state index contributed by atoms with van der Waals surface area (Å²) < 4.78 is 51.3. The topological polar surface area (TPSA) is 91.3 Å². The van der Waals surface area contributed by atoms with E-state index in [1.54, 1.807) is 0 Å². The van der Waals surface area contributed by atoms with Crippen LogP contribution in [-0.4, -0.2) is 101 Å².